The molecule has 0 heterocycles. The van der Waals surface area contributed by atoms with Gasteiger partial charge in [0, 0.05) is 5.56 Å². The second-order valence-electron chi connectivity index (χ2n) is 5.65. The van der Waals surface area contributed by atoms with Gasteiger partial charge in [-0.25, -0.2) is 9.18 Å². The number of esters is 1. The molecular weight excluding hydrogens is 423 g/mol. The molecule has 0 fully saturated rings. The number of halogens is 2. The fraction of sp³-hybridized carbons (Fsp3) is 0.174. The van der Waals surface area contributed by atoms with Crippen molar-refractivity contribution < 1.29 is 18.7 Å². The highest BCUT2D eigenvalue weighted by Gasteiger charge is 2.24. The van der Waals surface area contributed by atoms with Crippen LogP contribution in [-0.2, 0) is 6.61 Å². The van der Waals surface area contributed by atoms with Crippen molar-refractivity contribution in [1.82, 2.24) is 0 Å². The zero-order valence-electron chi connectivity index (χ0n) is 16.0. The molecule has 0 aromatic heterocycles. The fourth-order valence-corrected chi connectivity index (χ4v) is 2.97. The number of benzene rings is 3. The standard InChI is InChI=1S/C21H16BrFO3.C2H6/c1-14-18(23)12-17(22)20(25-13-15-8-4-2-5-9-15)19(14)21(24)26-16-10-6-3-7-11-16;1-2/h2-12H,13H2,1H3;1-2H3. The normalized spacial score (nSPS) is 9.89. The summed E-state index contributed by atoms with van der Waals surface area (Å²) in [7, 11) is 0. The molecule has 0 spiro atoms. The molecule has 0 N–H and O–H groups in total. The summed E-state index contributed by atoms with van der Waals surface area (Å²) < 4.78 is 25.8. The number of ether oxygens (including phenoxy) is 2. The molecule has 3 rings (SSSR count). The predicted octanol–water partition coefficient (Wildman–Crippen LogP) is 6.72. The molecule has 146 valence electrons. The molecule has 5 heteroatoms. The van der Waals surface area contributed by atoms with E-state index in [9.17, 15) is 9.18 Å². The summed E-state index contributed by atoms with van der Waals surface area (Å²) in [6.07, 6.45) is 0. The molecule has 0 radical (unpaired) electrons. The molecule has 0 aliphatic carbocycles. The van der Waals surface area contributed by atoms with Crippen molar-refractivity contribution in [3.63, 3.8) is 0 Å². The van der Waals surface area contributed by atoms with Gasteiger partial charge in [-0.2, -0.15) is 0 Å². The van der Waals surface area contributed by atoms with Gasteiger partial charge in [0.2, 0.25) is 0 Å². The van der Waals surface area contributed by atoms with Gasteiger partial charge in [-0.3, -0.25) is 0 Å². The Kier molecular flexibility index (Phi) is 8.20. The highest BCUT2D eigenvalue weighted by molar-refractivity contribution is 9.10. The van der Waals surface area contributed by atoms with E-state index in [1.165, 1.54) is 13.0 Å². The summed E-state index contributed by atoms with van der Waals surface area (Å²) in [5.41, 5.74) is 1.18. The first kappa shape index (κ1) is 21.6. The maximum absolute atomic E-state index is 14.2. The quantitative estimate of drug-likeness (QED) is 0.323. The maximum Gasteiger partial charge on any atom is 0.347 e. The third-order valence-electron chi connectivity index (χ3n) is 3.81. The molecule has 0 bridgehead atoms. The van der Waals surface area contributed by atoms with E-state index in [-0.39, 0.29) is 23.5 Å². The van der Waals surface area contributed by atoms with E-state index in [4.69, 9.17) is 9.47 Å². The lowest BCUT2D eigenvalue weighted by atomic mass is 10.1. The predicted molar refractivity (Wildman–Crippen MR) is 112 cm³/mol. The molecule has 0 atom stereocenters. The number of hydrogen-bond donors (Lipinski definition) is 0. The van der Waals surface area contributed by atoms with Crippen LogP contribution in [0.3, 0.4) is 0 Å². The first-order valence-electron chi connectivity index (χ1n) is 8.99. The summed E-state index contributed by atoms with van der Waals surface area (Å²) in [6.45, 7) is 5.77. The second-order valence-corrected chi connectivity index (χ2v) is 6.50. The fourth-order valence-electron chi connectivity index (χ4n) is 2.46. The monoisotopic (exact) mass is 444 g/mol. The topological polar surface area (TPSA) is 35.5 Å². The Bertz CT molecular complexity index is 912. The third-order valence-corrected chi connectivity index (χ3v) is 4.40. The van der Waals surface area contributed by atoms with Crippen LogP contribution in [0.4, 0.5) is 4.39 Å². The molecule has 0 saturated heterocycles. The van der Waals surface area contributed by atoms with E-state index in [0.717, 1.165) is 5.56 Å². The van der Waals surface area contributed by atoms with Crippen molar-refractivity contribution in [3.8, 4) is 11.5 Å². The largest absolute Gasteiger partial charge is 0.487 e. The first-order valence-corrected chi connectivity index (χ1v) is 9.78. The molecule has 0 aliphatic heterocycles. The molecule has 3 nitrogen and oxygen atoms in total. The molecule has 0 unspecified atom stereocenters. The van der Waals surface area contributed by atoms with Crippen LogP contribution in [-0.4, -0.2) is 5.97 Å². The zero-order chi connectivity index (χ0) is 20.5. The minimum atomic E-state index is -0.669. The van der Waals surface area contributed by atoms with Crippen molar-refractivity contribution in [3.05, 3.63) is 93.7 Å². The van der Waals surface area contributed by atoms with Crippen molar-refractivity contribution in [1.29, 1.82) is 0 Å². The Morgan fingerprint density at radius 1 is 1.00 bits per heavy atom. The SMILES string of the molecule is CC.Cc1c(F)cc(Br)c(OCc2ccccc2)c1C(=O)Oc1ccccc1. The van der Waals surface area contributed by atoms with Gasteiger partial charge in [0.1, 0.15) is 29.5 Å². The lowest BCUT2D eigenvalue weighted by molar-refractivity contribution is 0.0728. The van der Waals surface area contributed by atoms with Gasteiger partial charge in [-0.15, -0.1) is 0 Å². The van der Waals surface area contributed by atoms with E-state index in [2.05, 4.69) is 15.9 Å². The van der Waals surface area contributed by atoms with Crippen LogP contribution < -0.4 is 9.47 Å². The van der Waals surface area contributed by atoms with Crippen LogP contribution >= 0.6 is 15.9 Å². The van der Waals surface area contributed by atoms with Gasteiger partial charge in [0.15, 0.2) is 0 Å². The van der Waals surface area contributed by atoms with Crippen molar-refractivity contribution in [2.45, 2.75) is 27.4 Å². The van der Waals surface area contributed by atoms with E-state index in [0.29, 0.717) is 10.2 Å². The summed E-state index contributed by atoms with van der Waals surface area (Å²) >= 11 is 3.29. The zero-order valence-corrected chi connectivity index (χ0v) is 17.6. The number of rotatable bonds is 5. The molecular formula is C23H22BrFO3. The van der Waals surface area contributed by atoms with Crippen LogP contribution in [0.5, 0.6) is 11.5 Å². The number of carbonyl (C=O) groups excluding carboxylic acids is 1. The van der Waals surface area contributed by atoms with E-state index in [1.54, 1.807) is 24.3 Å². The molecule has 0 saturated carbocycles. The van der Waals surface area contributed by atoms with Crippen molar-refractivity contribution in [2.75, 3.05) is 0 Å². The minimum absolute atomic E-state index is 0.0664. The number of carbonyl (C=O) groups is 1. The van der Waals surface area contributed by atoms with Gasteiger partial charge < -0.3 is 9.47 Å². The van der Waals surface area contributed by atoms with Crippen molar-refractivity contribution in [2.24, 2.45) is 0 Å². The Morgan fingerprint density at radius 3 is 2.18 bits per heavy atom. The van der Waals surface area contributed by atoms with Crippen molar-refractivity contribution >= 4 is 21.9 Å². The van der Waals surface area contributed by atoms with E-state index >= 15 is 0 Å². The van der Waals surface area contributed by atoms with Gasteiger partial charge in [-0.1, -0.05) is 62.4 Å². The summed E-state index contributed by atoms with van der Waals surface area (Å²) in [6, 6.07) is 19.4. The van der Waals surface area contributed by atoms with Gasteiger partial charge in [-0.05, 0) is 46.6 Å². The van der Waals surface area contributed by atoms with Crippen LogP contribution in [0.1, 0.15) is 35.3 Å². The Morgan fingerprint density at radius 2 is 1.57 bits per heavy atom. The highest BCUT2D eigenvalue weighted by Crippen LogP contribution is 2.35. The average molecular weight is 445 g/mol. The summed E-state index contributed by atoms with van der Waals surface area (Å²) in [5, 5.41) is 0. The second kappa shape index (κ2) is 10.6. The van der Waals surface area contributed by atoms with Gasteiger partial charge in [0.05, 0.1) is 4.47 Å². The van der Waals surface area contributed by atoms with Crippen LogP contribution in [0.25, 0.3) is 0 Å². The summed E-state index contributed by atoms with van der Waals surface area (Å²) in [5.74, 6) is -0.541. The average Bonchev–Trinajstić information content (AvgIpc) is 2.72. The first-order chi connectivity index (χ1) is 13.6. The molecule has 0 aliphatic rings. The lowest BCUT2D eigenvalue weighted by Crippen LogP contribution is -2.14. The van der Waals surface area contributed by atoms with Gasteiger partial charge >= 0.3 is 5.97 Å². The van der Waals surface area contributed by atoms with Crippen LogP contribution in [0.2, 0.25) is 0 Å². The number of para-hydroxylation sites is 1. The van der Waals surface area contributed by atoms with E-state index in [1.807, 2.05) is 50.2 Å². The molecule has 28 heavy (non-hydrogen) atoms. The third kappa shape index (κ3) is 5.42. The Labute approximate surface area is 173 Å². The lowest BCUT2D eigenvalue weighted by Gasteiger charge is -2.16. The molecule has 3 aromatic carbocycles. The molecule has 3 aromatic rings. The minimum Gasteiger partial charge on any atom is -0.487 e. The van der Waals surface area contributed by atoms with Gasteiger partial charge in [0.25, 0.3) is 0 Å². The molecule has 0 amide bonds. The van der Waals surface area contributed by atoms with E-state index < -0.39 is 11.8 Å². The highest BCUT2D eigenvalue weighted by atomic mass is 79.9. The Balaban J connectivity index is 0.00000136. The summed E-state index contributed by atoms with van der Waals surface area (Å²) in [4.78, 5) is 12.7. The van der Waals surface area contributed by atoms with Crippen LogP contribution in [0, 0.1) is 12.7 Å². The smallest absolute Gasteiger partial charge is 0.347 e. The maximum atomic E-state index is 14.2. The van der Waals surface area contributed by atoms with Crippen LogP contribution in [0.15, 0.2) is 71.2 Å². The Hall–Kier alpha value is -2.66. The number of hydrogen-bond acceptors (Lipinski definition) is 3.